The van der Waals surface area contributed by atoms with E-state index < -0.39 is 0 Å². The number of imidazole rings is 1. The van der Waals surface area contributed by atoms with E-state index in [9.17, 15) is 9.18 Å². The van der Waals surface area contributed by atoms with Crippen molar-refractivity contribution in [3.8, 4) is 0 Å². The van der Waals surface area contributed by atoms with Gasteiger partial charge in [0.05, 0.1) is 17.4 Å². The van der Waals surface area contributed by atoms with Gasteiger partial charge in [0.2, 0.25) is 0 Å². The van der Waals surface area contributed by atoms with Crippen LogP contribution in [0.5, 0.6) is 0 Å². The van der Waals surface area contributed by atoms with Crippen LogP contribution in [0.3, 0.4) is 0 Å². The summed E-state index contributed by atoms with van der Waals surface area (Å²) >= 11 is 0. The molecule has 5 heteroatoms. The Balaban J connectivity index is 2.05. The molecule has 1 N–H and O–H groups in total. The maximum absolute atomic E-state index is 14.0. The van der Waals surface area contributed by atoms with Gasteiger partial charge >= 0.3 is 0 Å². The molecule has 0 aliphatic carbocycles. The van der Waals surface area contributed by atoms with Crippen molar-refractivity contribution in [3.05, 3.63) is 65.7 Å². The molecule has 3 aromatic rings. The van der Waals surface area contributed by atoms with Crippen LogP contribution in [0.2, 0.25) is 0 Å². The predicted molar refractivity (Wildman–Crippen MR) is 76.4 cm³/mol. The highest BCUT2D eigenvalue weighted by atomic mass is 19.1. The molecule has 1 aromatic heterocycles. The minimum atomic E-state index is -0.357. The molecule has 2 aromatic carbocycles. The summed E-state index contributed by atoms with van der Waals surface area (Å²) in [5, 5.41) is 0. The molecule has 1 unspecified atom stereocenters. The smallest absolute Gasteiger partial charge is 0.293 e. The summed E-state index contributed by atoms with van der Waals surface area (Å²) in [5.74, 6) is -0.675. The summed E-state index contributed by atoms with van der Waals surface area (Å²) in [7, 11) is 0. The molecule has 0 saturated heterocycles. The number of nitrogens with one attached hydrogen (secondary N) is 1. The van der Waals surface area contributed by atoms with Crippen molar-refractivity contribution in [1.29, 1.82) is 0 Å². The second-order valence-corrected chi connectivity index (χ2v) is 4.68. The van der Waals surface area contributed by atoms with Gasteiger partial charge < -0.3 is 9.72 Å². The van der Waals surface area contributed by atoms with E-state index in [2.05, 4.69) is 9.97 Å². The first-order chi connectivity index (χ1) is 10.3. The van der Waals surface area contributed by atoms with Crippen molar-refractivity contribution < 1.29 is 13.9 Å². The topological polar surface area (TPSA) is 55.0 Å². The number of ether oxygens (including phenoxy) is 1. The lowest BCUT2D eigenvalue weighted by Gasteiger charge is -2.17. The van der Waals surface area contributed by atoms with Gasteiger partial charge in [-0.15, -0.1) is 0 Å². The van der Waals surface area contributed by atoms with Crippen molar-refractivity contribution in [2.24, 2.45) is 0 Å². The maximum atomic E-state index is 14.0. The van der Waals surface area contributed by atoms with Crippen LogP contribution < -0.4 is 0 Å². The molecular weight excluding hydrogens is 271 g/mol. The number of carbonyl (C=O) groups excluding carboxylic acids is 1. The van der Waals surface area contributed by atoms with Gasteiger partial charge in [-0.2, -0.15) is 0 Å². The van der Waals surface area contributed by atoms with Crippen molar-refractivity contribution in [2.45, 2.75) is 5.92 Å². The number of aromatic nitrogens is 2. The Morgan fingerprint density at radius 1 is 1.29 bits per heavy atom. The Bertz CT molecular complexity index is 770. The summed E-state index contributed by atoms with van der Waals surface area (Å²) in [6.45, 7) is 0.465. The Labute approximate surface area is 120 Å². The van der Waals surface area contributed by atoms with Crippen molar-refractivity contribution in [3.63, 3.8) is 0 Å². The Morgan fingerprint density at radius 3 is 2.95 bits per heavy atom. The van der Waals surface area contributed by atoms with E-state index in [1.54, 1.807) is 24.5 Å². The quantitative estimate of drug-likeness (QED) is 0.733. The average molecular weight is 284 g/mol. The lowest BCUT2D eigenvalue weighted by Crippen LogP contribution is -2.11. The normalized spacial score (nSPS) is 12.2. The van der Waals surface area contributed by atoms with E-state index in [1.807, 2.05) is 18.2 Å². The highest BCUT2D eigenvalue weighted by molar-refractivity contribution is 5.75. The molecule has 4 nitrogen and oxygen atoms in total. The average Bonchev–Trinajstić information content (AvgIpc) is 2.97. The van der Waals surface area contributed by atoms with E-state index in [0.717, 1.165) is 16.6 Å². The predicted octanol–water partition coefficient (Wildman–Crippen LogP) is 3.01. The fourth-order valence-corrected chi connectivity index (χ4v) is 2.43. The van der Waals surface area contributed by atoms with E-state index in [4.69, 9.17) is 4.74 Å². The van der Waals surface area contributed by atoms with Crippen LogP contribution in [-0.4, -0.2) is 23.0 Å². The Hall–Kier alpha value is -2.69. The van der Waals surface area contributed by atoms with Gasteiger partial charge in [-0.3, -0.25) is 4.79 Å². The van der Waals surface area contributed by atoms with Gasteiger partial charge in [0, 0.05) is 5.92 Å². The number of fused-ring (bicyclic) bond motifs is 1. The standard InChI is InChI=1S/C16H13FN2O2/c17-14-4-2-1-3-12(14)13(8-21-10-20)11-5-6-15-16(7-11)19-9-18-15/h1-7,9-10,13H,8H2,(H,18,19). The first-order valence-corrected chi connectivity index (χ1v) is 6.52. The molecule has 21 heavy (non-hydrogen) atoms. The molecule has 0 spiro atoms. The number of hydrogen-bond donors (Lipinski definition) is 1. The largest absolute Gasteiger partial charge is 0.467 e. The fraction of sp³-hybridized carbons (Fsp3) is 0.125. The third-order valence-electron chi connectivity index (χ3n) is 3.46. The molecule has 106 valence electrons. The van der Waals surface area contributed by atoms with Crippen LogP contribution in [0.1, 0.15) is 17.0 Å². The van der Waals surface area contributed by atoms with Crippen LogP contribution in [0, 0.1) is 5.82 Å². The van der Waals surface area contributed by atoms with Crippen LogP contribution in [0.25, 0.3) is 11.0 Å². The fourth-order valence-electron chi connectivity index (χ4n) is 2.43. The lowest BCUT2D eigenvalue weighted by atomic mass is 9.91. The highest BCUT2D eigenvalue weighted by Crippen LogP contribution is 2.28. The monoisotopic (exact) mass is 284 g/mol. The molecular formula is C16H13FN2O2. The number of rotatable bonds is 5. The summed E-state index contributed by atoms with van der Waals surface area (Å²) in [5.41, 5.74) is 3.05. The molecule has 0 fully saturated rings. The van der Waals surface area contributed by atoms with Crippen molar-refractivity contribution in [2.75, 3.05) is 6.61 Å². The Kier molecular flexibility index (Phi) is 3.64. The number of benzene rings is 2. The molecule has 0 aliphatic heterocycles. The van der Waals surface area contributed by atoms with Crippen LogP contribution in [-0.2, 0) is 9.53 Å². The number of carbonyl (C=O) groups is 1. The molecule has 0 aliphatic rings. The second kappa shape index (κ2) is 5.75. The third-order valence-corrected chi connectivity index (χ3v) is 3.46. The summed E-state index contributed by atoms with van der Waals surface area (Å²) in [6, 6.07) is 12.1. The summed E-state index contributed by atoms with van der Waals surface area (Å²) in [4.78, 5) is 17.7. The first kappa shape index (κ1) is 13.3. The van der Waals surface area contributed by atoms with E-state index in [-0.39, 0.29) is 18.3 Å². The summed E-state index contributed by atoms with van der Waals surface area (Å²) in [6.07, 6.45) is 1.61. The van der Waals surface area contributed by atoms with Crippen molar-refractivity contribution in [1.82, 2.24) is 9.97 Å². The van der Waals surface area contributed by atoms with Gasteiger partial charge in [-0.05, 0) is 29.3 Å². The molecule has 0 amide bonds. The molecule has 0 saturated carbocycles. The molecule has 1 heterocycles. The van der Waals surface area contributed by atoms with Gasteiger partial charge in [0.25, 0.3) is 6.47 Å². The van der Waals surface area contributed by atoms with E-state index in [1.165, 1.54) is 6.07 Å². The molecule has 0 radical (unpaired) electrons. The maximum Gasteiger partial charge on any atom is 0.293 e. The van der Waals surface area contributed by atoms with Gasteiger partial charge in [-0.25, -0.2) is 9.37 Å². The van der Waals surface area contributed by atoms with Crippen LogP contribution >= 0.6 is 0 Å². The lowest BCUT2D eigenvalue weighted by molar-refractivity contribution is -0.128. The molecule has 0 bridgehead atoms. The van der Waals surface area contributed by atoms with Gasteiger partial charge in [0.1, 0.15) is 12.4 Å². The second-order valence-electron chi connectivity index (χ2n) is 4.68. The van der Waals surface area contributed by atoms with E-state index in [0.29, 0.717) is 12.0 Å². The SMILES string of the molecule is O=COCC(c1ccc2nc[nH]c2c1)c1ccccc1F. The number of H-pyrrole nitrogens is 1. The number of halogens is 1. The summed E-state index contributed by atoms with van der Waals surface area (Å²) < 4.78 is 18.9. The molecule has 1 atom stereocenters. The van der Waals surface area contributed by atoms with Crippen molar-refractivity contribution >= 4 is 17.5 Å². The van der Waals surface area contributed by atoms with Crippen LogP contribution in [0.15, 0.2) is 48.8 Å². The minimum absolute atomic E-state index is 0.0874. The van der Waals surface area contributed by atoms with Gasteiger partial charge in [0.15, 0.2) is 0 Å². The zero-order valence-electron chi connectivity index (χ0n) is 11.1. The van der Waals surface area contributed by atoms with Gasteiger partial charge in [-0.1, -0.05) is 24.3 Å². The van der Waals surface area contributed by atoms with Crippen LogP contribution in [0.4, 0.5) is 4.39 Å². The minimum Gasteiger partial charge on any atom is -0.467 e. The zero-order chi connectivity index (χ0) is 14.7. The first-order valence-electron chi connectivity index (χ1n) is 6.52. The molecule has 3 rings (SSSR count). The Morgan fingerprint density at radius 2 is 2.14 bits per heavy atom. The zero-order valence-corrected chi connectivity index (χ0v) is 11.1. The number of nitrogens with zero attached hydrogens (tertiary/aromatic N) is 1. The third kappa shape index (κ3) is 2.63. The number of aromatic amines is 1. The van der Waals surface area contributed by atoms with E-state index >= 15 is 0 Å². The highest BCUT2D eigenvalue weighted by Gasteiger charge is 2.19. The number of hydrogen-bond acceptors (Lipinski definition) is 3.